The minimum absolute atomic E-state index is 0.594. The normalized spacial score (nSPS) is 11.9. The van der Waals surface area contributed by atoms with Crippen molar-refractivity contribution in [2.75, 3.05) is 0 Å². The fraction of sp³-hybridized carbons (Fsp3) is 0. The Kier molecular flexibility index (Phi) is 15.6. The van der Waals surface area contributed by atoms with E-state index in [2.05, 4.69) is 349 Å². The molecule has 0 amide bonds. The standard InChI is InChI=1S/C57H34N4O.C51H30N4OS/c1-3-16-35(17-4-1)38-26-15-27-45-49-33-48-44-24-11-13-28-50(44)61(52(48)34-53(49)62-54(38)45)51-29-14-12-25-46(51)57-59-55(36-18-5-2-6-19-36)58-56(60-57)37-30-31-43-41-22-8-7-20-39(41)40-21-9-10-23-42(40)47(43)32-37;1-3-14-31(15-4-1)34-21-13-22-38-41-29-40-35-18-7-10-23-42(35)55(44(40)30-45(41)56-48(34)38)43-24-11-8-20-39(43)51-53-49(32-16-5-2-6-17-32)52-50(54-51)33-26-27-37-36-19-9-12-25-46(36)57-47(37)28-33/h1-34H;1-30H. The van der Waals surface area contributed by atoms with E-state index in [-0.39, 0.29) is 0 Å². The number of hydrogen-bond donors (Lipinski definition) is 0. The van der Waals surface area contributed by atoms with Crippen LogP contribution in [0.1, 0.15) is 0 Å². The van der Waals surface area contributed by atoms with Crippen LogP contribution in [0.2, 0.25) is 0 Å². The second-order valence-corrected chi connectivity index (χ2v) is 31.4. The zero-order chi connectivity index (χ0) is 78.2. The minimum atomic E-state index is 0.594. The zero-order valence-corrected chi connectivity index (χ0v) is 64.6. The van der Waals surface area contributed by atoms with Crippen molar-refractivity contribution < 1.29 is 8.83 Å². The third-order valence-corrected chi connectivity index (χ3v) is 24.6. The molecule has 0 bridgehead atoms. The summed E-state index contributed by atoms with van der Waals surface area (Å²) in [6, 6.07) is 136. The highest BCUT2D eigenvalue weighted by Crippen LogP contribution is 2.47. The number of thiophene rings is 1. The predicted molar refractivity (Wildman–Crippen MR) is 492 cm³/mol. The zero-order valence-electron chi connectivity index (χ0n) is 63.8. The van der Waals surface area contributed by atoms with Crippen molar-refractivity contribution in [3.05, 3.63) is 388 Å². The predicted octanol–water partition coefficient (Wildman–Crippen LogP) is 28.9. The van der Waals surface area contributed by atoms with E-state index < -0.39 is 0 Å². The molecule has 0 radical (unpaired) electrons. The molecule has 0 aliphatic heterocycles. The minimum Gasteiger partial charge on any atom is -0.455 e. The van der Waals surface area contributed by atoms with Crippen LogP contribution in [0.25, 0.3) is 242 Å². The lowest BCUT2D eigenvalue weighted by Crippen LogP contribution is -2.03. The van der Waals surface area contributed by atoms with Gasteiger partial charge in [-0.25, -0.2) is 29.9 Å². The summed E-state index contributed by atoms with van der Waals surface area (Å²) < 4.78 is 20.7. The molecule has 119 heavy (non-hydrogen) atoms. The number of fused-ring (bicyclic) bond motifs is 21. The van der Waals surface area contributed by atoms with Gasteiger partial charge in [-0.3, -0.25) is 0 Å². The molecule has 11 heteroatoms. The fourth-order valence-electron chi connectivity index (χ4n) is 18.0. The first kappa shape index (κ1) is 67.7. The summed E-state index contributed by atoms with van der Waals surface area (Å²) in [5.41, 5.74) is 19.6. The Balaban J connectivity index is 0.000000136. The molecule has 7 heterocycles. The number of para-hydroxylation sites is 6. The lowest BCUT2D eigenvalue weighted by molar-refractivity contribution is 0.670. The van der Waals surface area contributed by atoms with Crippen molar-refractivity contribution in [1.82, 2.24) is 39.0 Å². The van der Waals surface area contributed by atoms with E-state index in [4.69, 9.17) is 38.7 Å². The number of nitrogens with zero attached hydrogens (tertiary/aromatic N) is 8. The van der Waals surface area contributed by atoms with Gasteiger partial charge in [0.1, 0.15) is 22.3 Å². The van der Waals surface area contributed by atoms with Crippen molar-refractivity contribution >= 4 is 151 Å². The summed E-state index contributed by atoms with van der Waals surface area (Å²) in [5.74, 6) is 3.69. The van der Waals surface area contributed by atoms with Crippen LogP contribution < -0.4 is 0 Å². The lowest BCUT2D eigenvalue weighted by Gasteiger charge is -2.15. The average Bonchev–Trinajstić information content (AvgIpc) is 1.56. The first-order valence-electron chi connectivity index (χ1n) is 40.0. The molecule has 0 atom stereocenters. The number of aromatic nitrogens is 8. The Morgan fingerprint density at radius 3 is 1.00 bits per heavy atom. The molecule has 25 aromatic rings. The van der Waals surface area contributed by atoms with Gasteiger partial charge in [0.05, 0.1) is 33.4 Å². The van der Waals surface area contributed by atoms with Gasteiger partial charge in [-0.05, 0) is 110 Å². The molecule has 0 unspecified atom stereocenters. The molecular formula is C108H64N8O2S. The van der Waals surface area contributed by atoms with Gasteiger partial charge >= 0.3 is 0 Å². The van der Waals surface area contributed by atoms with Crippen LogP contribution in [0.15, 0.2) is 397 Å². The maximum Gasteiger partial charge on any atom is 0.166 e. The number of hydrogen-bond acceptors (Lipinski definition) is 9. The van der Waals surface area contributed by atoms with Crippen molar-refractivity contribution in [1.29, 1.82) is 0 Å². The highest BCUT2D eigenvalue weighted by Gasteiger charge is 2.26. The number of benzene rings is 18. The van der Waals surface area contributed by atoms with Crippen molar-refractivity contribution in [3.63, 3.8) is 0 Å². The van der Waals surface area contributed by atoms with Gasteiger partial charge in [-0.2, -0.15) is 0 Å². The summed E-state index contributed by atoms with van der Waals surface area (Å²) in [4.78, 5) is 31.3. The first-order chi connectivity index (χ1) is 59.0. The van der Waals surface area contributed by atoms with Gasteiger partial charge in [0.25, 0.3) is 0 Å². The third kappa shape index (κ3) is 11.2. The summed E-state index contributed by atoms with van der Waals surface area (Å²) >= 11 is 1.79. The van der Waals surface area contributed by atoms with Crippen LogP contribution >= 0.6 is 11.3 Å². The summed E-state index contributed by atoms with van der Waals surface area (Å²) in [6.07, 6.45) is 0. The van der Waals surface area contributed by atoms with E-state index in [9.17, 15) is 0 Å². The third-order valence-electron chi connectivity index (χ3n) is 23.5. The van der Waals surface area contributed by atoms with E-state index in [0.29, 0.717) is 34.9 Å². The van der Waals surface area contributed by atoms with E-state index in [0.717, 1.165) is 154 Å². The van der Waals surface area contributed by atoms with Gasteiger partial charge in [0.15, 0.2) is 34.9 Å². The lowest BCUT2D eigenvalue weighted by atomic mass is 9.93. The maximum atomic E-state index is 6.81. The van der Waals surface area contributed by atoms with Gasteiger partial charge < -0.3 is 18.0 Å². The molecular weight excluding hydrogens is 1470 g/mol. The summed E-state index contributed by atoms with van der Waals surface area (Å²) in [6.45, 7) is 0. The second-order valence-electron chi connectivity index (χ2n) is 30.3. The van der Waals surface area contributed by atoms with Crippen LogP contribution in [0.4, 0.5) is 0 Å². The molecule has 0 N–H and O–H groups in total. The smallest absolute Gasteiger partial charge is 0.166 e. The Morgan fingerprint density at radius 2 is 0.521 bits per heavy atom. The van der Waals surface area contributed by atoms with Crippen LogP contribution in [0.3, 0.4) is 0 Å². The molecule has 0 fully saturated rings. The van der Waals surface area contributed by atoms with Crippen LogP contribution in [-0.2, 0) is 0 Å². The van der Waals surface area contributed by atoms with Gasteiger partial charge in [0.2, 0.25) is 0 Å². The van der Waals surface area contributed by atoms with Gasteiger partial charge in [0, 0.05) is 120 Å². The molecule has 18 aromatic carbocycles. The topological polar surface area (TPSA) is 113 Å². The van der Waals surface area contributed by atoms with Gasteiger partial charge in [-0.1, -0.05) is 309 Å². The fourth-order valence-corrected chi connectivity index (χ4v) is 19.2. The van der Waals surface area contributed by atoms with E-state index in [1.54, 1.807) is 11.3 Å². The average molecular weight is 1540 g/mol. The highest BCUT2D eigenvalue weighted by molar-refractivity contribution is 7.25. The van der Waals surface area contributed by atoms with E-state index in [1.165, 1.54) is 52.5 Å². The van der Waals surface area contributed by atoms with Crippen molar-refractivity contribution in [2.24, 2.45) is 0 Å². The quantitative estimate of drug-likeness (QED) is 0.124. The maximum absolute atomic E-state index is 6.81. The van der Waals surface area contributed by atoms with E-state index in [1.807, 2.05) is 48.5 Å². The molecule has 0 saturated heterocycles. The Bertz CT molecular complexity index is 8400. The summed E-state index contributed by atoms with van der Waals surface area (Å²) in [5, 5.41) is 18.8. The molecule has 0 aliphatic carbocycles. The molecule has 10 nitrogen and oxygen atoms in total. The molecule has 554 valence electrons. The van der Waals surface area contributed by atoms with Crippen molar-refractivity contribution in [3.8, 4) is 102 Å². The molecule has 0 aliphatic rings. The molecule has 0 spiro atoms. The molecule has 7 aromatic heterocycles. The molecule has 25 rings (SSSR count). The first-order valence-corrected chi connectivity index (χ1v) is 40.8. The number of rotatable bonds is 10. The highest BCUT2D eigenvalue weighted by atomic mass is 32.1. The van der Waals surface area contributed by atoms with Gasteiger partial charge in [-0.15, -0.1) is 11.3 Å². The summed E-state index contributed by atoms with van der Waals surface area (Å²) in [7, 11) is 0. The van der Waals surface area contributed by atoms with E-state index >= 15 is 0 Å². The molecule has 0 saturated carbocycles. The largest absolute Gasteiger partial charge is 0.455 e. The Morgan fingerprint density at radius 1 is 0.185 bits per heavy atom. The van der Waals surface area contributed by atoms with Crippen LogP contribution in [0, 0.1) is 0 Å². The monoisotopic (exact) mass is 1540 g/mol. The van der Waals surface area contributed by atoms with Crippen LogP contribution in [-0.4, -0.2) is 39.0 Å². The SMILES string of the molecule is c1ccc(-c2nc(-c3ccc4c(c3)sc3ccccc34)nc(-c3ccccc3-n3c4ccccc4c4cc5c(cc43)oc3c(-c4ccccc4)cccc35)n2)cc1.c1ccc(-c2nc(-c3ccc4c5ccccc5c5ccccc5c4c3)nc(-c3ccccc3-n3c4ccccc4c4cc5c(cc43)oc3c(-c4ccccc4)cccc35)n2)cc1. The second kappa shape index (κ2) is 27.5. The van der Waals surface area contributed by atoms with Crippen molar-refractivity contribution in [2.45, 2.75) is 0 Å². The Labute approximate surface area is 684 Å². The number of furan rings is 2. The van der Waals surface area contributed by atoms with Crippen LogP contribution in [0.5, 0.6) is 0 Å². The Hall–Kier alpha value is -15.8.